The van der Waals surface area contributed by atoms with Crippen LogP contribution in [0.3, 0.4) is 0 Å². The predicted molar refractivity (Wildman–Crippen MR) is 113 cm³/mol. The van der Waals surface area contributed by atoms with Crippen molar-refractivity contribution in [2.45, 2.75) is 18.7 Å². The molecule has 0 amide bonds. The summed E-state index contributed by atoms with van der Waals surface area (Å²) < 4.78 is 0. The van der Waals surface area contributed by atoms with Gasteiger partial charge in [-0.3, -0.25) is 20.2 Å². The summed E-state index contributed by atoms with van der Waals surface area (Å²) in [4.78, 5) is 31.1. The molecule has 0 fully saturated rings. The molecule has 2 aromatic rings. The summed E-state index contributed by atoms with van der Waals surface area (Å²) in [5.74, 6) is -1.02. The molecule has 0 atom stereocenters. The Hall–Kier alpha value is -3.97. The van der Waals surface area contributed by atoms with Gasteiger partial charge in [0.1, 0.15) is 5.40 Å². The Morgan fingerprint density at radius 3 is 1.67 bits per heavy atom. The zero-order chi connectivity index (χ0) is 22.7. The van der Waals surface area contributed by atoms with Gasteiger partial charge in [0.05, 0.1) is 15.4 Å². The number of benzene rings is 2. The first-order valence-electron chi connectivity index (χ1n) is 8.28. The molecule has 0 radical (unpaired) electrons. The molecule has 0 spiro atoms. The molecular formula is C20H17N3O6S. The number of allylic oxidation sites excluding steroid dienone is 2. The molecule has 9 nitrogen and oxygen atoms in total. The highest BCUT2D eigenvalue weighted by atomic mass is 32.2. The van der Waals surface area contributed by atoms with E-state index in [2.05, 4.69) is 0 Å². The second kappa shape index (κ2) is 11.8. The van der Waals surface area contributed by atoms with E-state index in [4.69, 9.17) is 10.4 Å². The van der Waals surface area contributed by atoms with E-state index in [0.29, 0.717) is 5.56 Å². The summed E-state index contributed by atoms with van der Waals surface area (Å²) in [6, 6.07) is 12.9. The molecule has 0 saturated heterocycles. The lowest BCUT2D eigenvalue weighted by atomic mass is 10.1. The molecule has 0 heterocycles. The van der Waals surface area contributed by atoms with E-state index in [9.17, 15) is 25.0 Å². The molecule has 0 aliphatic heterocycles. The van der Waals surface area contributed by atoms with Crippen molar-refractivity contribution in [2.24, 2.45) is 0 Å². The second-order valence-electron chi connectivity index (χ2n) is 5.78. The van der Waals surface area contributed by atoms with Crippen molar-refractivity contribution in [3.63, 3.8) is 0 Å². The van der Waals surface area contributed by atoms with Crippen molar-refractivity contribution >= 4 is 29.9 Å². The lowest BCUT2D eigenvalue weighted by Crippen LogP contribution is -1.96. The summed E-state index contributed by atoms with van der Waals surface area (Å²) in [5.41, 5.74) is 1.63. The maximum atomic E-state index is 10.5. The first-order valence-corrected chi connectivity index (χ1v) is 9.10. The first kappa shape index (κ1) is 24.1. The van der Waals surface area contributed by atoms with E-state index < -0.39 is 15.8 Å². The lowest BCUT2D eigenvalue weighted by molar-refractivity contribution is -0.422. The summed E-state index contributed by atoms with van der Waals surface area (Å²) >= 11 is 1.06. The van der Waals surface area contributed by atoms with E-state index in [0.717, 1.165) is 22.2 Å². The molecule has 154 valence electrons. The molecule has 0 unspecified atom stereocenters. The highest BCUT2D eigenvalue weighted by Gasteiger charge is 2.04. The molecule has 2 aromatic carbocycles. The number of carboxylic acids is 1. The SMILES string of the molecule is CC(=Cc1ccc(C(=O)O)cc1)[N+](=O)[O-].CC(=Cc1ccc(SC#N)cc1)[N+](=O)[O-]. The standard InChI is InChI=1S/C10H8N2O2S.C10H9NO4/c1-8(12(13)14)6-9-2-4-10(5-3-9)15-7-11;1-7(11(14)15)6-8-2-4-9(5-3-8)10(12)13/h2-6H,1H3;2-6H,1H3,(H,12,13). The number of aromatic carboxylic acids is 1. The van der Waals surface area contributed by atoms with Gasteiger partial charge in [-0.2, -0.15) is 5.26 Å². The zero-order valence-electron chi connectivity index (χ0n) is 16.0. The van der Waals surface area contributed by atoms with Gasteiger partial charge in [-0.1, -0.05) is 24.3 Å². The Morgan fingerprint density at radius 2 is 1.33 bits per heavy atom. The van der Waals surface area contributed by atoms with Crippen LogP contribution in [0.15, 0.2) is 64.8 Å². The fourth-order valence-electron chi connectivity index (χ4n) is 1.99. The Bertz CT molecular complexity index is 1020. The third kappa shape index (κ3) is 8.37. The average molecular weight is 427 g/mol. The third-order valence-corrected chi connectivity index (χ3v) is 4.13. The molecule has 30 heavy (non-hydrogen) atoms. The minimum Gasteiger partial charge on any atom is -0.478 e. The van der Waals surface area contributed by atoms with Crippen LogP contribution in [-0.4, -0.2) is 20.9 Å². The van der Waals surface area contributed by atoms with Crippen LogP contribution in [0.4, 0.5) is 0 Å². The number of nitro groups is 2. The number of thiocyanates is 1. The van der Waals surface area contributed by atoms with Crippen LogP contribution in [0.2, 0.25) is 0 Å². The van der Waals surface area contributed by atoms with Crippen LogP contribution >= 0.6 is 11.8 Å². The van der Waals surface area contributed by atoms with Crippen LogP contribution in [0.25, 0.3) is 12.2 Å². The van der Waals surface area contributed by atoms with Gasteiger partial charge in [-0.15, -0.1) is 0 Å². The van der Waals surface area contributed by atoms with E-state index >= 15 is 0 Å². The Morgan fingerprint density at radius 1 is 0.933 bits per heavy atom. The molecule has 0 aliphatic rings. The van der Waals surface area contributed by atoms with E-state index in [1.807, 2.05) is 5.40 Å². The summed E-state index contributed by atoms with van der Waals surface area (Å²) in [7, 11) is 0. The summed E-state index contributed by atoms with van der Waals surface area (Å²) in [5, 5.41) is 39.7. The van der Waals surface area contributed by atoms with Crippen molar-refractivity contribution in [3.05, 3.63) is 96.8 Å². The smallest absolute Gasteiger partial charge is 0.335 e. The highest BCUT2D eigenvalue weighted by Crippen LogP contribution is 2.18. The molecule has 0 bridgehead atoms. The third-order valence-electron chi connectivity index (χ3n) is 3.53. The maximum absolute atomic E-state index is 10.5. The van der Waals surface area contributed by atoms with Gasteiger partial charge in [0.25, 0.3) is 0 Å². The monoisotopic (exact) mass is 427 g/mol. The fraction of sp³-hybridized carbons (Fsp3) is 0.100. The van der Waals surface area contributed by atoms with Crippen molar-refractivity contribution in [1.82, 2.24) is 0 Å². The normalized spacial score (nSPS) is 11.0. The van der Waals surface area contributed by atoms with Gasteiger partial charge in [0, 0.05) is 30.9 Å². The molecule has 0 aromatic heterocycles. The maximum Gasteiger partial charge on any atom is 0.335 e. The molecule has 0 saturated carbocycles. The quantitative estimate of drug-likeness (QED) is 0.296. The van der Waals surface area contributed by atoms with Crippen LogP contribution in [0.1, 0.15) is 35.3 Å². The number of thioether (sulfide) groups is 1. The molecule has 0 aliphatic carbocycles. The summed E-state index contributed by atoms with van der Waals surface area (Å²) in [6.07, 6.45) is 2.87. The molecular weight excluding hydrogens is 410 g/mol. The van der Waals surface area contributed by atoms with Crippen LogP contribution < -0.4 is 0 Å². The lowest BCUT2D eigenvalue weighted by Gasteiger charge is -1.95. The van der Waals surface area contributed by atoms with Crippen LogP contribution in [0.5, 0.6) is 0 Å². The van der Waals surface area contributed by atoms with Gasteiger partial charge in [-0.05, 0) is 47.2 Å². The Labute approximate surface area is 176 Å². The topological polar surface area (TPSA) is 147 Å². The van der Waals surface area contributed by atoms with E-state index in [1.54, 1.807) is 24.3 Å². The summed E-state index contributed by atoms with van der Waals surface area (Å²) in [6.45, 7) is 2.82. The van der Waals surface area contributed by atoms with Crippen LogP contribution in [0, 0.1) is 30.9 Å². The molecule has 2 rings (SSSR count). The Balaban J connectivity index is 0.000000300. The number of nitriles is 1. The molecule has 1 N–H and O–H groups in total. The number of hydrogen-bond acceptors (Lipinski definition) is 7. The highest BCUT2D eigenvalue weighted by molar-refractivity contribution is 8.03. The van der Waals surface area contributed by atoms with Gasteiger partial charge < -0.3 is 5.11 Å². The van der Waals surface area contributed by atoms with Gasteiger partial charge in [0.15, 0.2) is 0 Å². The number of nitrogens with zero attached hydrogens (tertiary/aromatic N) is 3. The number of carbonyl (C=O) groups is 1. The van der Waals surface area contributed by atoms with Gasteiger partial charge >= 0.3 is 5.97 Å². The first-order chi connectivity index (χ1) is 14.1. The van der Waals surface area contributed by atoms with Gasteiger partial charge in [0.2, 0.25) is 11.4 Å². The minimum absolute atomic E-state index is 0.0121. The largest absolute Gasteiger partial charge is 0.478 e. The number of rotatable bonds is 6. The van der Waals surface area contributed by atoms with Crippen molar-refractivity contribution in [3.8, 4) is 5.40 Å². The van der Waals surface area contributed by atoms with Gasteiger partial charge in [-0.25, -0.2) is 4.79 Å². The Kier molecular flexibility index (Phi) is 9.45. The van der Waals surface area contributed by atoms with Crippen molar-refractivity contribution in [1.29, 1.82) is 5.26 Å². The average Bonchev–Trinajstić information content (AvgIpc) is 2.70. The zero-order valence-corrected chi connectivity index (χ0v) is 16.8. The van der Waals surface area contributed by atoms with E-state index in [1.165, 1.54) is 50.3 Å². The fourth-order valence-corrected chi connectivity index (χ4v) is 2.37. The van der Waals surface area contributed by atoms with E-state index in [-0.39, 0.29) is 17.0 Å². The second-order valence-corrected chi connectivity index (χ2v) is 6.63. The van der Waals surface area contributed by atoms with Crippen molar-refractivity contribution < 1.29 is 19.7 Å². The van der Waals surface area contributed by atoms with Crippen molar-refractivity contribution in [2.75, 3.05) is 0 Å². The minimum atomic E-state index is -1.02. The number of hydrogen-bond donors (Lipinski definition) is 1. The number of carboxylic acid groups (broad SMARTS) is 1. The van der Waals surface area contributed by atoms with Crippen LogP contribution in [-0.2, 0) is 0 Å². The molecule has 10 heteroatoms. The predicted octanol–water partition coefficient (Wildman–Crippen LogP) is 4.92.